The van der Waals surface area contributed by atoms with Crippen molar-refractivity contribution in [1.29, 1.82) is 0 Å². The van der Waals surface area contributed by atoms with E-state index in [-0.39, 0.29) is 12.2 Å². The van der Waals surface area contributed by atoms with Crippen LogP contribution < -0.4 is 5.73 Å². The Hall–Kier alpha value is -0.200. The van der Waals surface area contributed by atoms with Crippen LogP contribution >= 0.6 is 0 Å². The van der Waals surface area contributed by atoms with Crippen LogP contribution in [0.5, 0.6) is 0 Å². The summed E-state index contributed by atoms with van der Waals surface area (Å²) in [5, 5.41) is 0. The average Bonchev–Trinajstić information content (AvgIpc) is 2.35. The van der Waals surface area contributed by atoms with Gasteiger partial charge in [-0.3, -0.25) is 0 Å². The normalized spacial score (nSPS) is 14.7. The fraction of sp³-hybridized carbons (Fsp3) is 1.00. The number of hydrogen-bond acceptors (Lipinski definition) is 5. The van der Waals surface area contributed by atoms with Crippen LogP contribution in [0.25, 0.3) is 0 Å². The molecule has 0 aliphatic rings. The number of ether oxygens (including phenoxy) is 4. The second-order valence-corrected chi connectivity index (χ2v) is 4.18. The van der Waals surface area contributed by atoms with Crippen LogP contribution in [0.15, 0.2) is 0 Å². The Bertz CT molecular complexity index is 169. The molecule has 2 unspecified atom stereocenters. The molecule has 0 aliphatic carbocycles. The van der Waals surface area contributed by atoms with Gasteiger partial charge in [-0.05, 0) is 33.2 Å². The SMILES string of the molecule is CCOCCOC(CCN)CC(C)OCCOC. The second-order valence-electron chi connectivity index (χ2n) is 4.18. The van der Waals surface area contributed by atoms with Crippen molar-refractivity contribution in [3.8, 4) is 0 Å². The predicted molar refractivity (Wildman–Crippen MR) is 71.8 cm³/mol. The van der Waals surface area contributed by atoms with Crippen molar-refractivity contribution >= 4 is 0 Å². The zero-order valence-corrected chi connectivity index (χ0v) is 12.0. The van der Waals surface area contributed by atoms with Gasteiger partial charge in [0.25, 0.3) is 0 Å². The summed E-state index contributed by atoms with van der Waals surface area (Å²) in [5.41, 5.74) is 5.59. The molecule has 0 rings (SSSR count). The lowest BCUT2D eigenvalue weighted by Gasteiger charge is -2.21. The smallest absolute Gasteiger partial charge is 0.0704 e. The van der Waals surface area contributed by atoms with Gasteiger partial charge in [-0.2, -0.15) is 0 Å². The first-order valence-electron chi connectivity index (χ1n) is 6.74. The van der Waals surface area contributed by atoms with E-state index in [9.17, 15) is 0 Å². The van der Waals surface area contributed by atoms with E-state index in [0.29, 0.717) is 33.0 Å². The fourth-order valence-electron chi connectivity index (χ4n) is 1.64. The van der Waals surface area contributed by atoms with Gasteiger partial charge in [0.2, 0.25) is 0 Å². The van der Waals surface area contributed by atoms with Crippen LogP contribution in [0, 0.1) is 0 Å². The van der Waals surface area contributed by atoms with E-state index < -0.39 is 0 Å². The summed E-state index contributed by atoms with van der Waals surface area (Å²) in [7, 11) is 1.67. The minimum Gasteiger partial charge on any atom is -0.382 e. The van der Waals surface area contributed by atoms with E-state index in [0.717, 1.165) is 19.4 Å². The summed E-state index contributed by atoms with van der Waals surface area (Å²) in [4.78, 5) is 0. The highest BCUT2D eigenvalue weighted by molar-refractivity contribution is 4.64. The van der Waals surface area contributed by atoms with Gasteiger partial charge < -0.3 is 24.7 Å². The molecule has 0 aromatic heterocycles. The lowest BCUT2D eigenvalue weighted by atomic mass is 10.1. The van der Waals surface area contributed by atoms with E-state index in [1.54, 1.807) is 7.11 Å². The van der Waals surface area contributed by atoms with Crippen LogP contribution in [-0.2, 0) is 18.9 Å². The summed E-state index contributed by atoms with van der Waals surface area (Å²) < 4.78 is 21.5. The molecule has 110 valence electrons. The van der Waals surface area contributed by atoms with Gasteiger partial charge in [-0.25, -0.2) is 0 Å². The molecule has 5 nitrogen and oxygen atoms in total. The Morgan fingerprint density at radius 1 is 1.06 bits per heavy atom. The van der Waals surface area contributed by atoms with E-state index in [1.165, 1.54) is 0 Å². The zero-order valence-electron chi connectivity index (χ0n) is 12.0. The Morgan fingerprint density at radius 2 is 1.78 bits per heavy atom. The molecule has 0 amide bonds. The van der Waals surface area contributed by atoms with Gasteiger partial charge in [-0.1, -0.05) is 0 Å². The minimum atomic E-state index is 0.146. The molecule has 0 spiro atoms. The third-order valence-corrected chi connectivity index (χ3v) is 2.56. The van der Waals surface area contributed by atoms with Crippen LogP contribution in [-0.4, -0.2) is 58.9 Å². The van der Waals surface area contributed by atoms with Crippen LogP contribution in [0.4, 0.5) is 0 Å². The van der Waals surface area contributed by atoms with Gasteiger partial charge in [0.05, 0.1) is 38.6 Å². The van der Waals surface area contributed by atoms with E-state index in [4.69, 9.17) is 24.7 Å². The maximum atomic E-state index is 5.75. The standard InChI is InChI=1S/C13H29NO4/c1-4-16-8-10-18-13(5-6-14)11-12(2)17-9-7-15-3/h12-13H,4-11,14H2,1-3H3. The van der Waals surface area contributed by atoms with Crippen molar-refractivity contribution in [2.24, 2.45) is 5.73 Å². The highest BCUT2D eigenvalue weighted by atomic mass is 16.5. The maximum Gasteiger partial charge on any atom is 0.0704 e. The van der Waals surface area contributed by atoms with Crippen molar-refractivity contribution < 1.29 is 18.9 Å². The summed E-state index contributed by atoms with van der Waals surface area (Å²) in [6.45, 7) is 7.86. The van der Waals surface area contributed by atoms with E-state index in [1.807, 2.05) is 13.8 Å². The van der Waals surface area contributed by atoms with Crippen molar-refractivity contribution in [2.45, 2.75) is 38.9 Å². The monoisotopic (exact) mass is 263 g/mol. The molecule has 0 saturated carbocycles. The molecule has 0 radical (unpaired) electrons. The Morgan fingerprint density at radius 3 is 2.39 bits per heavy atom. The second kappa shape index (κ2) is 13.2. The van der Waals surface area contributed by atoms with Crippen LogP contribution in [0.3, 0.4) is 0 Å². The molecule has 0 bridgehead atoms. The van der Waals surface area contributed by atoms with Crippen molar-refractivity contribution in [3.63, 3.8) is 0 Å². The Balaban J connectivity index is 3.71. The molecule has 0 aromatic carbocycles. The largest absolute Gasteiger partial charge is 0.382 e. The first kappa shape index (κ1) is 17.8. The average molecular weight is 263 g/mol. The number of rotatable bonds is 13. The number of methoxy groups -OCH3 is 1. The molecule has 2 N–H and O–H groups in total. The third kappa shape index (κ3) is 10.9. The van der Waals surface area contributed by atoms with Crippen LogP contribution in [0.1, 0.15) is 26.7 Å². The number of nitrogens with two attached hydrogens (primary N) is 1. The highest BCUT2D eigenvalue weighted by Gasteiger charge is 2.13. The summed E-state index contributed by atoms with van der Waals surface area (Å²) in [6.07, 6.45) is 2.01. The van der Waals surface area contributed by atoms with Gasteiger partial charge in [0, 0.05) is 13.7 Å². The zero-order chi connectivity index (χ0) is 13.6. The van der Waals surface area contributed by atoms with E-state index in [2.05, 4.69) is 0 Å². The molecule has 0 heterocycles. The van der Waals surface area contributed by atoms with Crippen molar-refractivity contribution in [3.05, 3.63) is 0 Å². The molecule has 0 saturated heterocycles. The minimum absolute atomic E-state index is 0.146. The molecule has 5 heteroatoms. The first-order valence-corrected chi connectivity index (χ1v) is 6.74. The third-order valence-electron chi connectivity index (χ3n) is 2.56. The molecule has 0 aromatic rings. The summed E-state index contributed by atoms with van der Waals surface area (Å²) >= 11 is 0. The van der Waals surface area contributed by atoms with Gasteiger partial charge in [0.15, 0.2) is 0 Å². The summed E-state index contributed by atoms with van der Waals surface area (Å²) in [6, 6.07) is 0. The van der Waals surface area contributed by atoms with Gasteiger partial charge in [0.1, 0.15) is 0 Å². The Kier molecular flexibility index (Phi) is 13.1. The maximum absolute atomic E-state index is 5.75. The van der Waals surface area contributed by atoms with Gasteiger partial charge >= 0.3 is 0 Å². The highest BCUT2D eigenvalue weighted by Crippen LogP contribution is 2.09. The topological polar surface area (TPSA) is 62.9 Å². The van der Waals surface area contributed by atoms with Gasteiger partial charge in [-0.15, -0.1) is 0 Å². The Labute approximate surface area is 111 Å². The lowest BCUT2D eigenvalue weighted by molar-refractivity contribution is -0.0382. The number of hydrogen-bond donors (Lipinski definition) is 1. The molecule has 2 atom stereocenters. The molecular formula is C13H29NO4. The molecule has 18 heavy (non-hydrogen) atoms. The molecule has 0 aliphatic heterocycles. The van der Waals surface area contributed by atoms with Crippen molar-refractivity contribution in [2.75, 3.05) is 46.7 Å². The quantitative estimate of drug-likeness (QED) is 0.506. The van der Waals surface area contributed by atoms with Crippen LogP contribution in [0.2, 0.25) is 0 Å². The fourth-order valence-corrected chi connectivity index (χ4v) is 1.64. The first-order chi connectivity index (χ1) is 8.74. The lowest BCUT2D eigenvalue weighted by Crippen LogP contribution is -2.26. The molecular weight excluding hydrogens is 234 g/mol. The molecule has 0 fully saturated rings. The summed E-state index contributed by atoms with van der Waals surface area (Å²) in [5.74, 6) is 0. The predicted octanol–water partition coefficient (Wildman–Crippen LogP) is 1.20. The van der Waals surface area contributed by atoms with E-state index >= 15 is 0 Å². The van der Waals surface area contributed by atoms with Crippen molar-refractivity contribution in [1.82, 2.24) is 0 Å².